The van der Waals surface area contributed by atoms with Gasteiger partial charge in [-0.1, -0.05) is 77.8 Å². The van der Waals surface area contributed by atoms with Crippen LogP contribution < -0.4 is 10.2 Å². The van der Waals surface area contributed by atoms with Crippen LogP contribution in [-0.2, 0) is 9.59 Å². The second-order valence-electron chi connectivity index (χ2n) is 7.14. The fraction of sp³-hybridized carbons (Fsp3) is 0.0800. The molecule has 160 valence electrons. The minimum absolute atomic E-state index is 0.346. The van der Waals surface area contributed by atoms with Gasteiger partial charge in [-0.05, 0) is 24.3 Å². The molecule has 0 saturated heterocycles. The number of nitrogens with one attached hydrogen (secondary N) is 1. The molecule has 0 spiro atoms. The van der Waals surface area contributed by atoms with Gasteiger partial charge in [0.05, 0.1) is 11.4 Å². The van der Waals surface area contributed by atoms with E-state index in [4.69, 9.17) is 23.2 Å². The predicted molar refractivity (Wildman–Crippen MR) is 129 cm³/mol. The summed E-state index contributed by atoms with van der Waals surface area (Å²) in [6.45, 7) is 0. The number of halogens is 2. The largest absolute Gasteiger partial charge is 0.323 e. The van der Waals surface area contributed by atoms with Gasteiger partial charge in [0.15, 0.2) is 0 Å². The number of carbonyl (C=O) groups is 2. The molecule has 3 aromatic rings. The molecular weight excluding hydrogens is 445 g/mol. The molecule has 0 unspecified atom stereocenters. The third-order valence-electron chi connectivity index (χ3n) is 5.07. The van der Waals surface area contributed by atoms with Crippen molar-refractivity contribution in [3.05, 3.63) is 106 Å². The maximum atomic E-state index is 13.1. The van der Waals surface area contributed by atoms with Crippen LogP contribution in [-0.4, -0.2) is 30.7 Å². The Bertz CT molecular complexity index is 1220. The van der Waals surface area contributed by atoms with E-state index in [1.807, 2.05) is 54.6 Å². The predicted octanol–water partition coefficient (Wildman–Crippen LogP) is 4.96. The number of anilines is 1. The van der Waals surface area contributed by atoms with Gasteiger partial charge in [-0.25, -0.2) is 4.99 Å². The first-order valence-corrected chi connectivity index (χ1v) is 10.6. The van der Waals surface area contributed by atoms with E-state index in [0.29, 0.717) is 21.3 Å². The third-order valence-corrected chi connectivity index (χ3v) is 5.73. The summed E-state index contributed by atoms with van der Waals surface area (Å²) in [4.78, 5) is 32.0. The van der Waals surface area contributed by atoms with Crippen molar-refractivity contribution in [2.45, 2.75) is 6.17 Å². The Morgan fingerprint density at radius 3 is 2.34 bits per heavy atom. The number of carbonyl (C=O) groups excluding carboxylic acids is 2. The zero-order chi connectivity index (χ0) is 22.7. The van der Waals surface area contributed by atoms with Crippen molar-refractivity contribution in [2.75, 3.05) is 11.9 Å². The molecule has 2 amide bonds. The quantitative estimate of drug-likeness (QED) is 0.555. The van der Waals surface area contributed by atoms with Crippen LogP contribution in [0.25, 0.3) is 6.08 Å². The molecule has 1 atom stereocenters. The van der Waals surface area contributed by atoms with E-state index >= 15 is 0 Å². The van der Waals surface area contributed by atoms with E-state index in [0.717, 1.165) is 16.8 Å². The summed E-state index contributed by atoms with van der Waals surface area (Å²) >= 11 is 12.3. The Hall–Kier alpha value is -3.41. The highest BCUT2D eigenvalue weighted by Gasteiger charge is 2.30. The molecule has 1 heterocycles. The van der Waals surface area contributed by atoms with Crippen molar-refractivity contribution in [1.82, 2.24) is 5.32 Å². The average Bonchev–Trinajstić information content (AvgIpc) is 2.90. The number of hydrogen-bond donors (Lipinski definition) is 1. The average molecular weight is 464 g/mol. The number of benzodiazepines with no additional fused rings is 1. The Labute approximate surface area is 196 Å². The van der Waals surface area contributed by atoms with Crippen LogP contribution in [0.4, 0.5) is 5.69 Å². The van der Waals surface area contributed by atoms with Gasteiger partial charge in [-0.2, -0.15) is 0 Å². The van der Waals surface area contributed by atoms with Gasteiger partial charge in [0.1, 0.15) is 0 Å². The van der Waals surface area contributed by atoms with Crippen LogP contribution in [0.5, 0.6) is 0 Å². The molecule has 32 heavy (non-hydrogen) atoms. The third kappa shape index (κ3) is 4.44. The molecule has 0 aromatic heterocycles. The van der Waals surface area contributed by atoms with E-state index in [1.165, 1.54) is 17.1 Å². The first kappa shape index (κ1) is 21.8. The highest BCUT2D eigenvalue weighted by atomic mass is 35.5. The molecule has 0 radical (unpaired) electrons. The molecule has 4 rings (SSSR count). The van der Waals surface area contributed by atoms with Crippen LogP contribution in [0.2, 0.25) is 10.0 Å². The Kier molecular flexibility index (Phi) is 6.40. The molecular formula is C25H19Cl2N3O2. The van der Waals surface area contributed by atoms with Gasteiger partial charge in [0.25, 0.3) is 5.91 Å². The topological polar surface area (TPSA) is 61.8 Å². The maximum Gasteiger partial charge on any atom is 0.272 e. The molecule has 1 aliphatic heterocycles. The number of nitrogens with zero attached hydrogens (tertiary/aromatic N) is 2. The van der Waals surface area contributed by atoms with Gasteiger partial charge >= 0.3 is 0 Å². The fourth-order valence-corrected chi connectivity index (χ4v) is 3.98. The lowest BCUT2D eigenvalue weighted by Crippen LogP contribution is -2.45. The number of hydrogen-bond acceptors (Lipinski definition) is 3. The van der Waals surface area contributed by atoms with E-state index < -0.39 is 12.1 Å². The van der Waals surface area contributed by atoms with Crippen LogP contribution >= 0.6 is 23.2 Å². The van der Waals surface area contributed by atoms with Crippen LogP contribution in [0.1, 0.15) is 16.7 Å². The first-order valence-electron chi connectivity index (χ1n) is 9.88. The Balaban J connectivity index is 1.68. The number of benzene rings is 3. The summed E-state index contributed by atoms with van der Waals surface area (Å²) in [5.74, 6) is -0.837. The highest BCUT2D eigenvalue weighted by molar-refractivity contribution is 6.37. The van der Waals surface area contributed by atoms with E-state index in [-0.39, 0.29) is 5.91 Å². The lowest BCUT2D eigenvalue weighted by molar-refractivity contribution is -0.124. The monoisotopic (exact) mass is 463 g/mol. The smallest absolute Gasteiger partial charge is 0.272 e. The molecule has 7 heteroatoms. The number of para-hydroxylation sites is 1. The van der Waals surface area contributed by atoms with Crippen LogP contribution in [0.3, 0.4) is 0 Å². The molecule has 0 saturated carbocycles. The maximum absolute atomic E-state index is 13.1. The minimum Gasteiger partial charge on any atom is -0.323 e. The second-order valence-corrected chi connectivity index (χ2v) is 7.95. The number of aliphatic imine (C=N–C) groups is 1. The summed E-state index contributed by atoms with van der Waals surface area (Å²) in [6.07, 6.45) is 1.71. The van der Waals surface area contributed by atoms with Crippen LogP contribution in [0.15, 0.2) is 83.9 Å². The number of likely N-dealkylation sites (N-methyl/N-ethyl adjacent to an activating group) is 1. The lowest BCUT2D eigenvalue weighted by atomic mass is 10.0. The van der Waals surface area contributed by atoms with Crippen molar-refractivity contribution in [1.29, 1.82) is 0 Å². The molecule has 0 aliphatic carbocycles. The first-order chi connectivity index (χ1) is 15.5. The summed E-state index contributed by atoms with van der Waals surface area (Å²) in [5, 5.41) is 3.54. The normalized spacial score (nSPS) is 15.8. The summed E-state index contributed by atoms with van der Waals surface area (Å²) in [7, 11) is 1.67. The molecule has 1 N–H and O–H groups in total. The van der Waals surface area contributed by atoms with Crippen molar-refractivity contribution >= 4 is 52.5 Å². The molecule has 0 bridgehead atoms. The Morgan fingerprint density at radius 1 is 0.969 bits per heavy atom. The number of rotatable bonds is 4. The minimum atomic E-state index is -1.10. The van der Waals surface area contributed by atoms with Crippen molar-refractivity contribution < 1.29 is 9.59 Å². The zero-order valence-electron chi connectivity index (χ0n) is 17.1. The van der Waals surface area contributed by atoms with Crippen molar-refractivity contribution in [3.8, 4) is 0 Å². The number of amides is 2. The van der Waals surface area contributed by atoms with Crippen LogP contribution in [0, 0.1) is 0 Å². The Morgan fingerprint density at radius 2 is 1.62 bits per heavy atom. The summed E-state index contributed by atoms with van der Waals surface area (Å²) in [6, 6.07) is 22.2. The molecule has 3 aromatic carbocycles. The van der Waals surface area contributed by atoms with Crippen molar-refractivity contribution in [2.24, 2.45) is 4.99 Å². The second kappa shape index (κ2) is 9.39. The summed E-state index contributed by atoms with van der Waals surface area (Å²) in [5.41, 5.74) is 3.53. The molecule has 0 fully saturated rings. The molecule has 1 aliphatic rings. The summed E-state index contributed by atoms with van der Waals surface area (Å²) < 4.78 is 0. The zero-order valence-corrected chi connectivity index (χ0v) is 18.6. The standard InChI is InChI=1S/C25H19Cl2N3O2/c1-30-21-13-6-5-10-18(21)23(16-8-3-2-4-9-16)29-24(25(30)32)28-22(31)15-14-17-19(26)11-7-12-20(17)27/h2-15,24H,1H3,(H,28,31)/b15-14+/t24-/m1/s1. The SMILES string of the molecule is CN1C(=O)[C@H](NC(=O)/C=C/c2c(Cl)cccc2Cl)N=C(c2ccccc2)c2ccccc21. The highest BCUT2D eigenvalue weighted by Crippen LogP contribution is 2.27. The van der Waals surface area contributed by atoms with Gasteiger partial charge in [-0.3, -0.25) is 9.59 Å². The van der Waals surface area contributed by atoms with Gasteiger partial charge < -0.3 is 10.2 Å². The van der Waals surface area contributed by atoms with Gasteiger partial charge in [0.2, 0.25) is 12.1 Å². The van der Waals surface area contributed by atoms with Gasteiger partial charge in [-0.15, -0.1) is 0 Å². The van der Waals surface area contributed by atoms with E-state index in [2.05, 4.69) is 10.3 Å². The number of fused-ring (bicyclic) bond motifs is 1. The van der Waals surface area contributed by atoms with E-state index in [9.17, 15) is 9.59 Å². The fourth-order valence-electron chi connectivity index (χ4n) is 3.45. The van der Waals surface area contributed by atoms with E-state index in [1.54, 1.807) is 25.2 Å². The van der Waals surface area contributed by atoms with Gasteiger partial charge in [0, 0.05) is 39.9 Å². The molecule has 5 nitrogen and oxygen atoms in total. The lowest BCUT2D eigenvalue weighted by Gasteiger charge is -2.20. The van der Waals surface area contributed by atoms with Crippen molar-refractivity contribution in [3.63, 3.8) is 0 Å².